The number of hydrogen-bond acceptors (Lipinski definition) is 5. The number of halogens is 1. The van der Waals surface area contributed by atoms with Crippen LogP contribution in [0, 0.1) is 12.4 Å². The van der Waals surface area contributed by atoms with E-state index in [2.05, 4.69) is 24.9 Å². The third-order valence-corrected chi connectivity index (χ3v) is 5.87. The van der Waals surface area contributed by atoms with Gasteiger partial charge in [-0.15, -0.1) is 0 Å². The fourth-order valence-corrected chi connectivity index (χ4v) is 4.18. The van der Waals surface area contributed by atoms with Crippen molar-refractivity contribution in [1.29, 1.82) is 0 Å². The number of likely N-dealkylation sites (tertiary alicyclic amines) is 1. The molecule has 4 aromatic rings. The van der Waals surface area contributed by atoms with Gasteiger partial charge in [-0.1, -0.05) is 35.9 Å². The molecule has 4 heterocycles. The highest BCUT2D eigenvalue weighted by Gasteiger charge is 2.30. The quantitative estimate of drug-likeness (QED) is 0.289. The molecule has 1 fully saturated rings. The van der Waals surface area contributed by atoms with Crippen molar-refractivity contribution in [2.24, 2.45) is 0 Å². The van der Waals surface area contributed by atoms with E-state index in [0.29, 0.717) is 31.6 Å². The number of carbonyl (C=O) groups is 2. The summed E-state index contributed by atoms with van der Waals surface area (Å²) >= 11 is 0. The third-order valence-electron chi connectivity index (χ3n) is 5.87. The molecule has 10 heteroatoms. The minimum atomic E-state index is -0.804. The Balaban J connectivity index is 1.39. The Bertz CT molecular complexity index is 1460. The second-order valence-electron chi connectivity index (χ2n) is 7.77. The Morgan fingerprint density at radius 1 is 1.15 bits per heavy atom. The predicted molar refractivity (Wildman–Crippen MR) is 121 cm³/mol. The summed E-state index contributed by atoms with van der Waals surface area (Å²) in [5.41, 5.74) is 2.57. The molecule has 0 radical (unpaired) electrons. The number of aromatic amines is 1. The van der Waals surface area contributed by atoms with Gasteiger partial charge in [0, 0.05) is 19.3 Å². The lowest BCUT2D eigenvalue weighted by atomic mass is 9.97. The van der Waals surface area contributed by atoms with Gasteiger partial charge in [-0.25, -0.2) is 23.9 Å². The summed E-state index contributed by atoms with van der Waals surface area (Å²) in [6.07, 6.45) is 6.01. The topological polar surface area (TPSA) is 101 Å². The van der Waals surface area contributed by atoms with Crippen LogP contribution in [0.3, 0.4) is 0 Å². The zero-order valence-electron chi connectivity index (χ0n) is 17.9. The maximum atomic E-state index is 14.7. The van der Waals surface area contributed by atoms with Crippen molar-refractivity contribution in [1.82, 2.24) is 29.6 Å². The highest BCUT2D eigenvalue weighted by Crippen LogP contribution is 2.29. The predicted octanol–water partition coefficient (Wildman–Crippen LogP) is 3.42. The molecule has 1 N–H and O–H groups in total. The van der Waals surface area contributed by atoms with E-state index in [-0.39, 0.29) is 22.3 Å². The Morgan fingerprint density at radius 2 is 1.91 bits per heavy atom. The zero-order chi connectivity index (χ0) is 23.7. The Kier molecular flexibility index (Phi) is 5.43. The van der Waals surface area contributed by atoms with Crippen molar-refractivity contribution in [3.05, 3.63) is 89.3 Å². The number of aromatic nitrogens is 5. The molecule has 1 saturated heterocycles. The molecule has 1 aromatic carbocycles. The number of rotatable bonds is 4. The van der Waals surface area contributed by atoms with Gasteiger partial charge < -0.3 is 9.88 Å². The van der Waals surface area contributed by atoms with Crippen LogP contribution in [-0.2, 0) is 4.79 Å². The number of Topliss-reactive ketones (excluding diaryl/α,β-unsaturated/α-hetero) is 1. The number of benzene rings is 1. The molecule has 168 valence electrons. The maximum Gasteiger partial charge on any atom is 0.295 e. The van der Waals surface area contributed by atoms with E-state index in [1.807, 2.05) is 30.3 Å². The van der Waals surface area contributed by atoms with Crippen LogP contribution in [0.1, 0.15) is 28.8 Å². The van der Waals surface area contributed by atoms with Crippen LogP contribution in [-0.4, -0.2) is 54.4 Å². The highest BCUT2D eigenvalue weighted by molar-refractivity contribution is 6.45. The van der Waals surface area contributed by atoms with Gasteiger partial charge in [0.2, 0.25) is 0 Å². The molecular formula is C24H18FN7O2. The fourth-order valence-electron chi connectivity index (χ4n) is 4.18. The minimum Gasteiger partial charge on any atom is -0.357 e. The molecule has 0 bridgehead atoms. The van der Waals surface area contributed by atoms with Gasteiger partial charge >= 0.3 is 0 Å². The summed E-state index contributed by atoms with van der Waals surface area (Å²) in [5, 5.41) is 3.98. The largest absolute Gasteiger partial charge is 0.357 e. The molecular weight excluding hydrogens is 437 g/mol. The third kappa shape index (κ3) is 3.63. The van der Waals surface area contributed by atoms with Gasteiger partial charge in [0.15, 0.2) is 17.3 Å². The number of H-pyrrole nitrogens is 1. The number of nitrogens with zero attached hydrogens (tertiary/aromatic N) is 6. The van der Waals surface area contributed by atoms with Gasteiger partial charge in [0.25, 0.3) is 11.7 Å². The molecule has 0 saturated carbocycles. The van der Waals surface area contributed by atoms with Crippen molar-refractivity contribution >= 4 is 28.3 Å². The fraction of sp³-hybridized carbons (Fsp3) is 0.167. The smallest absolute Gasteiger partial charge is 0.295 e. The second kappa shape index (κ2) is 8.71. The summed E-state index contributed by atoms with van der Waals surface area (Å²) in [4.78, 5) is 42.0. The number of pyridine rings is 1. The van der Waals surface area contributed by atoms with Crippen molar-refractivity contribution < 1.29 is 14.0 Å². The van der Waals surface area contributed by atoms with E-state index >= 15 is 0 Å². The lowest BCUT2D eigenvalue weighted by Gasteiger charge is -2.28. The van der Waals surface area contributed by atoms with E-state index in [1.54, 1.807) is 0 Å². The Hall–Kier alpha value is -4.65. The number of fused-ring (bicyclic) bond motifs is 1. The summed E-state index contributed by atoms with van der Waals surface area (Å²) in [7, 11) is 0. The summed E-state index contributed by atoms with van der Waals surface area (Å²) in [6.45, 7) is 8.19. The number of carbonyl (C=O) groups excluding carboxylic acids is 2. The van der Waals surface area contributed by atoms with E-state index in [4.69, 9.17) is 6.57 Å². The molecule has 5 rings (SSSR count). The lowest BCUT2D eigenvalue weighted by Crippen LogP contribution is -2.40. The standard InChI is InChI=1S/C24H18FN7O2/c1-26-20(15-5-3-2-4-6-15)16-7-9-31(10-8-16)24(34)22(33)17-11-28-21-19(17)18(25)12-29-23(21)32-14-27-13-30-32/h2-6,11-14,28H,7-10H2. The van der Waals surface area contributed by atoms with Crippen molar-refractivity contribution in [3.8, 4) is 5.82 Å². The summed E-state index contributed by atoms with van der Waals surface area (Å²) in [5.74, 6) is -1.96. The average Bonchev–Trinajstić information content (AvgIpc) is 3.56. The Morgan fingerprint density at radius 3 is 2.59 bits per heavy atom. The molecule has 1 amide bonds. The number of piperidine rings is 1. The van der Waals surface area contributed by atoms with E-state index in [0.717, 1.165) is 17.3 Å². The highest BCUT2D eigenvalue weighted by atomic mass is 19.1. The summed E-state index contributed by atoms with van der Waals surface area (Å²) in [6, 6.07) is 9.41. The van der Waals surface area contributed by atoms with Crippen LogP contribution in [0.15, 0.2) is 61.0 Å². The van der Waals surface area contributed by atoms with Crippen LogP contribution < -0.4 is 0 Å². The first-order valence-corrected chi connectivity index (χ1v) is 10.6. The molecule has 0 unspecified atom stereocenters. The van der Waals surface area contributed by atoms with Gasteiger partial charge in [-0.05, 0) is 18.4 Å². The first-order valence-electron chi connectivity index (χ1n) is 10.6. The SMILES string of the molecule is [C-]#[N+]C(=C1CCN(C(=O)C(=O)c2c[nH]c3c(-n4cncn4)ncc(F)c23)CC1)c1ccccc1. The number of nitrogens with one attached hydrogen (secondary N) is 1. The Labute approximate surface area is 193 Å². The average molecular weight is 455 g/mol. The molecule has 34 heavy (non-hydrogen) atoms. The number of hydrogen-bond donors (Lipinski definition) is 1. The van der Waals surface area contributed by atoms with Crippen LogP contribution in [0.4, 0.5) is 4.39 Å². The molecule has 9 nitrogen and oxygen atoms in total. The van der Waals surface area contributed by atoms with E-state index < -0.39 is 17.5 Å². The van der Waals surface area contributed by atoms with Crippen LogP contribution in [0.25, 0.3) is 27.3 Å². The van der Waals surface area contributed by atoms with Gasteiger partial charge in [0.05, 0.1) is 29.2 Å². The second-order valence-corrected chi connectivity index (χ2v) is 7.77. The van der Waals surface area contributed by atoms with E-state index in [1.165, 1.54) is 28.4 Å². The number of ketones is 1. The number of amides is 1. The first-order chi connectivity index (χ1) is 16.6. The van der Waals surface area contributed by atoms with Gasteiger partial charge in [-0.2, -0.15) is 5.10 Å². The monoisotopic (exact) mass is 455 g/mol. The molecule has 1 aliphatic rings. The van der Waals surface area contributed by atoms with Gasteiger partial charge in [-0.3, -0.25) is 9.59 Å². The molecule has 0 atom stereocenters. The molecule has 0 aliphatic carbocycles. The maximum absolute atomic E-state index is 14.7. The van der Waals surface area contributed by atoms with Crippen molar-refractivity contribution in [2.75, 3.05) is 13.1 Å². The van der Waals surface area contributed by atoms with Crippen molar-refractivity contribution in [3.63, 3.8) is 0 Å². The zero-order valence-corrected chi connectivity index (χ0v) is 17.9. The van der Waals surface area contributed by atoms with Crippen LogP contribution in [0.5, 0.6) is 0 Å². The minimum absolute atomic E-state index is 0.0178. The normalized spacial score (nSPS) is 13.6. The summed E-state index contributed by atoms with van der Waals surface area (Å²) < 4.78 is 16.0. The van der Waals surface area contributed by atoms with Crippen LogP contribution >= 0.6 is 0 Å². The first kappa shape index (κ1) is 21.2. The van der Waals surface area contributed by atoms with Crippen LogP contribution in [0.2, 0.25) is 0 Å². The molecule has 3 aromatic heterocycles. The molecule has 0 spiro atoms. The van der Waals surface area contributed by atoms with Crippen molar-refractivity contribution in [2.45, 2.75) is 12.8 Å². The van der Waals surface area contributed by atoms with Gasteiger partial charge in [0.1, 0.15) is 12.7 Å². The van der Waals surface area contributed by atoms with E-state index in [9.17, 15) is 14.0 Å². The molecule has 1 aliphatic heterocycles. The lowest BCUT2D eigenvalue weighted by molar-refractivity contribution is -0.126.